The molecule has 1 N–H and O–H groups in total. The van der Waals surface area contributed by atoms with Crippen molar-refractivity contribution >= 4 is 17.2 Å². The van der Waals surface area contributed by atoms with E-state index in [0.29, 0.717) is 22.0 Å². The Kier molecular flexibility index (Phi) is 3.74. The lowest BCUT2D eigenvalue weighted by molar-refractivity contribution is 0.0953. The van der Waals surface area contributed by atoms with Gasteiger partial charge in [0, 0.05) is 12.4 Å². The van der Waals surface area contributed by atoms with Crippen LogP contribution in [0.4, 0.5) is 0 Å². The average Bonchev–Trinajstić information content (AvgIpc) is 3.16. The van der Waals surface area contributed by atoms with Gasteiger partial charge < -0.3 is 9.73 Å². The van der Waals surface area contributed by atoms with Crippen molar-refractivity contribution in [2.75, 3.05) is 0 Å². The van der Waals surface area contributed by atoms with Crippen molar-refractivity contribution in [2.24, 2.45) is 0 Å². The van der Waals surface area contributed by atoms with Crippen molar-refractivity contribution < 1.29 is 9.21 Å². The van der Waals surface area contributed by atoms with Crippen molar-refractivity contribution in [2.45, 2.75) is 13.5 Å². The molecule has 3 rings (SSSR count). The number of aromatic nitrogens is 3. The summed E-state index contributed by atoms with van der Waals surface area (Å²) in [5.74, 6) is 0.465. The monoisotopic (exact) mass is 300 g/mol. The molecular weight excluding hydrogens is 288 g/mol. The predicted octanol–water partition coefficient (Wildman–Crippen LogP) is 2.43. The largest absolute Gasteiger partial charge is 0.463 e. The van der Waals surface area contributed by atoms with Crippen molar-refractivity contribution in [1.82, 2.24) is 20.3 Å². The fourth-order valence-corrected chi connectivity index (χ4v) is 2.60. The Morgan fingerprint density at radius 2 is 2.19 bits per heavy atom. The molecule has 0 aliphatic carbocycles. The summed E-state index contributed by atoms with van der Waals surface area (Å²) in [6.07, 6.45) is 4.76. The van der Waals surface area contributed by atoms with Crippen LogP contribution in [0, 0.1) is 6.92 Å². The number of nitrogens with zero attached hydrogens (tertiary/aromatic N) is 3. The summed E-state index contributed by atoms with van der Waals surface area (Å²) < 4.78 is 5.34. The van der Waals surface area contributed by atoms with E-state index in [0.717, 1.165) is 5.69 Å². The van der Waals surface area contributed by atoms with Gasteiger partial charge >= 0.3 is 0 Å². The summed E-state index contributed by atoms with van der Waals surface area (Å²) in [5, 5.41) is 2.83. The molecule has 0 bridgehead atoms. The molecule has 0 aliphatic rings. The molecular formula is C14H12N4O2S. The summed E-state index contributed by atoms with van der Waals surface area (Å²) in [6.45, 7) is 2.09. The third-order valence-electron chi connectivity index (χ3n) is 2.90. The predicted molar refractivity (Wildman–Crippen MR) is 77.8 cm³/mol. The Hall–Kier alpha value is -2.54. The van der Waals surface area contributed by atoms with Crippen LogP contribution in [0.1, 0.15) is 21.1 Å². The fourth-order valence-electron chi connectivity index (χ4n) is 1.88. The minimum Gasteiger partial charge on any atom is -0.463 e. The number of rotatable bonds is 4. The molecule has 7 heteroatoms. The van der Waals surface area contributed by atoms with E-state index in [-0.39, 0.29) is 12.5 Å². The van der Waals surface area contributed by atoms with E-state index in [4.69, 9.17) is 4.42 Å². The van der Waals surface area contributed by atoms with Crippen LogP contribution in [-0.2, 0) is 6.54 Å². The van der Waals surface area contributed by atoms with Gasteiger partial charge in [-0.15, -0.1) is 11.3 Å². The highest BCUT2D eigenvalue weighted by molar-refractivity contribution is 7.11. The standard InChI is InChI=1S/C14H12N4O2S/c1-9-13(21-8-18-9)14(19)17-7-10-12(16-5-4-15-10)11-3-2-6-20-11/h2-6,8H,7H2,1H3,(H,17,19). The van der Waals surface area contributed by atoms with Crippen molar-refractivity contribution in [3.05, 3.63) is 52.6 Å². The van der Waals surface area contributed by atoms with E-state index in [9.17, 15) is 4.79 Å². The zero-order valence-corrected chi connectivity index (χ0v) is 12.1. The Morgan fingerprint density at radius 3 is 2.90 bits per heavy atom. The minimum atomic E-state index is -0.161. The number of carbonyl (C=O) groups excluding carboxylic acids is 1. The quantitative estimate of drug-likeness (QED) is 0.800. The van der Waals surface area contributed by atoms with Gasteiger partial charge in [-0.05, 0) is 19.1 Å². The van der Waals surface area contributed by atoms with Crippen LogP contribution in [-0.4, -0.2) is 20.9 Å². The first-order chi connectivity index (χ1) is 10.3. The molecule has 0 fully saturated rings. The molecule has 6 nitrogen and oxygen atoms in total. The highest BCUT2D eigenvalue weighted by Crippen LogP contribution is 2.20. The molecule has 3 heterocycles. The van der Waals surface area contributed by atoms with Crippen LogP contribution in [0.25, 0.3) is 11.5 Å². The van der Waals surface area contributed by atoms with Crippen LogP contribution in [0.2, 0.25) is 0 Å². The van der Waals surface area contributed by atoms with Gasteiger partial charge in [-0.2, -0.15) is 0 Å². The molecule has 21 heavy (non-hydrogen) atoms. The molecule has 3 aromatic rings. The summed E-state index contributed by atoms with van der Waals surface area (Å²) in [4.78, 5) is 25.3. The number of carbonyl (C=O) groups is 1. The normalized spacial score (nSPS) is 10.5. The molecule has 0 saturated carbocycles. The zero-order chi connectivity index (χ0) is 14.7. The molecule has 0 aliphatic heterocycles. The van der Waals surface area contributed by atoms with Crippen LogP contribution in [0.3, 0.4) is 0 Å². The molecule has 1 amide bonds. The molecule has 0 spiro atoms. The summed E-state index contributed by atoms with van der Waals surface area (Å²) in [6, 6.07) is 3.59. The lowest BCUT2D eigenvalue weighted by Gasteiger charge is -2.06. The Balaban J connectivity index is 1.77. The fraction of sp³-hybridized carbons (Fsp3) is 0.143. The maximum Gasteiger partial charge on any atom is 0.263 e. The van der Waals surface area contributed by atoms with E-state index in [2.05, 4.69) is 20.3 Å². The van der Waals surface area contributed by atoms with Gasteiger partial charge in [0.1, 0.15) is 10.6 Å². The van der Waals surface area contributed by atoms with E-state index >= 15 is 0 Å². The smallest absolute Gasteiger partial charge is 0.263 e. The van der Waals surface area contributed by atoms with Crippen molar-refractivity contribution in [1.29, 1.82) is 0 Å². The second-order valence-corrected chi connectivity index (χ2v) is 5.13. The summed E-state index contributed by atoms with van der Waals surface area (Å²) in [7, 11) is 0. The maximum atomic E-state index is 12.1. The van der Waals surface area contributed by atoms with Gasteiger partial charge in [0.25, 0.3) is 5.91 Å². The molecule has 0 saturated heterocycles. The number of nitrogens with one attached hydrogen (secondary N) is 1. The SMILES string of the molecule is Cc1ncsc1C(=O)NCc1nccnc1-c1ccco1. The minimum absolute atomic E-state index is 0.161. The number of aryl methyl sites for hydroxylation is 1. The zero-order valence-electron chi connectivity index (χ0n) is 11.2. The number of hydrogen-bond donors (Lipinski definition) is 1. The highest BCUT2D eigenvalue weighted by Gasteiger charge is 2.14. The summed E-state index contributed by atoms with van der Waals surface area (Å²) in [5.41, 5.74) is 3.66. The van der Waals surface area contributed by atoms with E-state index in [1.54, 1.807) is 30.2 Å². The Morgan fingerprint density at radius 1 is 1.33 bits per heavy atom. The first-order valence-corrected chi connectivity index (χ1v) is 7.15. The number of hydrogen-bond acceptors (Lipinski definition) is 6. The van der Waals surface area contributed by atoms with E-state index in [1.165, 1.54) is 11.3 Å². The van der Waals surface area contributed by atoms with Crippen LogP contribution in [0.15, 0.2) is 40.7 Å². The maximum absolute atomic E-state index is 12.1. The third kappa shape index (κ3) is 2.82. The van der Waals surface area contributed by atoms with E-state index in [1.807, 2.05) is 13.0 Å². The second-order valence-electron chi connectivity index (χ2n) is 4.28. The van der Waals surface area contributed by atoms with Crippen LogP contribution in [0.5, 0.6) is 0 Å². The molecule has 0 radical (unpaired) electrons. The van der Waals surface area contributed by atoms with Crippen LogP contribution >= 0.6 is 11.3 Å². The second kappa shape index (κ2) is 5.84. The molecule has 3 aromatic heterocycles. The van der Waals surface area contributed by atoms with Crippen LogP contribution < -0.4 is 5.32 Å². The molecule has 0 unspecified atom stereocenters. The van der Waals surface area contributed by atoms with Gasteiger partial charge in [-0.1, -0.05) is 0 Å². The Labute approximate surface area is 124 Å². The molecule has 0 atom stereocenters. The van der Waals surface area contributed by atoms with Gasteiger partial charge in [0.2, 0.25) is 0 Å². The molecule has 106 valence electrons. The Bertz CT molecular complexity index is 752. The topological polar surface area (TPSA) is 80.9 Å². The third-order valence-corrected chi connectivity index (χ3v) is 3.82. The number of furan rings is 1. The van der Waals surface area contributed by atoms with Gasteiger partial charge in [0.15, 0.2) is 5.76 Å². The first kappa shape index (κ1) is 13.4. The average molecular weight is 300 g/mol. The lowest BCUT2D eigenvalue weighted by Crippen LogP contribution is -2.23. The number of amides is 1. The summed E-state index contributed by atoms with van der Waals surface area (Å²) >= 11 is 1.32. The highest BCUT2D eigenvalue weighted by atomic mass is 32.1. The van der Waals surface area contributed by atoms with Crippen molar-refractivity contribution in [3.63, 3.8) is 0 Å². The first-order valence-electron chi connectivity index (χ1n) is 6.27. The van der Waals surface area contributed by atoms with Gasteiger partial charge in [-0.3, -0.25) is 9.78 Å². The van der Waals surface area contributed by atoms with Gasteiger partial charge in [-0.25, -0.2) is 9.97 Å². The molecule has 0 aromatic carbocycles. The van der Waals surface area contributed by atoms with Crippen molar-refractivity contribution in [3.8, 4) is 11.5 Å². The number of thiazole rings is 1. The van der Waals surface area contributed by atoms with Gasteiger partial charge in [0.05, 0.1) is 29.7 Å². The lowest BCUT2D eigenvalue weighted by atomic mass is 10.2. The van der Waals surface area contributed by atoms with E-state index < -0.39 is 0 Å².